The lowest BCUT2D eigenvalue weighted by Gasteiger charge is -2.44. The van der Waals surface area contributed by atoms with Gasteiger partial charge in [0.2, 0.25) is 0 Å². The van der Waals surface area contributed by atoms with Gasteiger partial charge in [-0.15, -0.1) is 0 Å². The van der Waals surface area contributed by atoms with Gasteiger partial charge in [-0.2, -0.15) is 0 Å². The molecule has 0 N–H and O–H groups in total. The van der Waals surface area contributed by atoms with Gasteiger partial charge in [0.15, 0.2) is 17.5 Å². The fraction of sp³-hybridized carbons (Fsp3) is 0.0143. The summed E-state index contributed by atoms with van der Waals surface area (Å²) in [6, 6.07) is 96.1. The summed E-state index contributed by atoms with van der Waals surface area (Å²) in [6.07, 6.45) is 0. The zero-order chi connectivity index (χ0) is 51.0. The molecular weight excluding hydrogens is 936 g/mol. The highest BCUT2D eigenvalue weighted by Crippen LogP contribution is 2.45. The summed E-state index contributed by atoms with van der Waals surface area (Å²) >= 11 is 0. The van der Waals surface area contributed by atoms with Crippen molar-refractivity contribution in [2.75, 3.05) is 9.80 Å². The Morgan fingerprint density at radius 3 is 1.49 bits per heavy atom. The van der Waals surface area contributed by atoms with Crippen LogP contribution in [0.3, 0.4) is 0 Å². The van der Waals surface area contributed by atoms with E-state index in [1.807, 2.05) is 36.4 Å². The van der Waals surface area contributed by atoms with Gasteiger partial charge in [0, 0.05) is 67.2 Å². The maximum atomic E-state index is 5.20. The number of aryl methyl sites for hydroxylation is 1. The normalized spacial score (nSPS) is 12.4. The van der Waals surface area contributed by atoms with Gasteiger partial charge >= 0.3 is 0 Å². The second kappa shape index (κ2) is 18.1. The van der Waals surface area contributed by atoms with Gasteiger partial charge in [-0.05, 0) is 131 Å². The number of hydrogen-bond acceptors (Lipinski definition) is 5. The molecule has 2 aromatic heterocycles. The SMILES string of the molecule is Cc1ccc2c(c1)c1ccccc1n2-c1ccc(-c2nc(-c3ccccc3)nc(-c3ccccc3)n2)cc1-c1cccc(-c2cccc(N3c4ccccc4B4c5ccccc5N(c5ccccc5)c5cccc3c54)c2)c1. The average molecular weight is 983 g/mol. The molecule has 0 radical (unpaired) electrons. The first-order valence-electron chi connectivity index (χ1n) is 26.3. The first kappa shape index (κ1) is 44.4. The highest BCUT2D eigenvalue weighted by molar-refractivity contribution is 7.00. The molecule has 13 aromatic rings. The molecule has 0 amide bonds. The van der Waals surface area contributed by atoms with Gasteiger partial charge in [0.05, 0.1) is 16.7 Å². The average Bonchev–Trinajstić information content (AvgIpc) is 3.88. The van der Waals surface area contributed by atoms with E-state index < -0.39 is 0 Å². The third-order valence-corrected chi connectivity index (χ3v) is 15.5. The largest absolute Gasteiger partial charge is 0.311 e. The maximum absolute atomic E-state index is 5.20. The molecule has 0 bridgehead atoms. The monoisotopic (exact) mass is 982 g/mol. The highest BCUT2D eigenvalue weighted by Gasteiger charge is 2.42. The Labute approximate surface area is 447 Å². The predicted molar refractivity (Wildman–Crippen MR) is 320 cm³/mol. The van der Waals surface area contributed by atoms with Crippen molar-refractivity contribution in [3.63, 3.8) is 0 Å². The van der Waals surface area contributed by atoms with E-state index >= 15 is 0 Å². The lowest BCUT2D eigenvalue weighted by Crippen LogP contribution is -2.61. The van der Waals surface area contributed by atoms with Crippen LogP contribution in [0, 0.1) is 6.92 Å². The third-order valence-electron chi connectivity index (χ3n) is 15.5. The number of benzene rings is 11. The molecular formula is C70H47BN6. The first-order chi connectivity index (χ1) is 38.1. The minimum absolute atomic E-state index is 0.0700. The van der Waals surface area contributed by atoms with Gasteiger partial charge in [-0.25, -0.2) is 15.0 Å². The maximum Gasteiger partial charge on any atom is 0.252 e. The molecule has 0 unspecified atom stereocenters. The van der Waals surface area contributed by atoms with E-state index in [1.54, 1.807) is 0 Å². The Bertz CT molecular complexity index is 4380. The highest BCUT2D eigenvalue weighted by atomic mass is 15.2. The minimum Gasteiger partial charge on any atom is -0.311 e. The van der Waals surface area contributed by atoms with Crippen molar-refractivity contribution in [3.05, 3.63) is 272 Å². The van der Waals surface area contributed by atoms with Crippen LogP contribution in [-0.2, 0) is 0 Å². The lowest BCUT2D eigenvalue weighted by molar-refractivity contribution is 1.07. The van der Waals surface area contributed by atoms with Crippen LogP contribution in [-0.4, -0.2) is 26.2 Å². The van der Waals surface area contributed by atoms with Crippen molar-refractivity contribution in [1.82, 2.24) is 19.5 Å². The summed E-state index contributed by atoms with van der Waals surface area (Å²) in [5.41, 5.74) is 22.6. The minimum atomic E-state index is 0.0700. The number of para-hydroxylation sites is 4. The molecule has 6 nitrogen and oxygen atoms in total. The molecule has 15 rings (SSSR count). The van der Waals surface area contributed by atoms with Crippen LogP contribution in [0.4, 0.5) is 34.1 Å². The number of hydrogen-bond donors (Lipinski definition) is 0. The van der Waals surface area contributed by atoms with Gasteiger partial charge in [-0.3, -0.25) is 0 Å². The second-order valence-corrected chi connectivity index (χ2v) is 20.0. The van der Waals surface area contributed by atoms with Gasteiger partial charge in [0.1, 0.15) is 0 Å². The number of nitrogens with zero attached hydrogens (tertiary/aromatic N) is 6. The fourth-order valence-corrected chi connectivity index (χ4v) is 12.0. The van der Waals surface area contributed by atoms with Crippen molar-refractivity contribution in [1.29, 1.82) is 0 Å². The van der Waals surface area contributed by atoms with E-state index in [0.717, 1.165) is 67.0 Å². The summed E-state index contributed by atoms with van der Waals surface area (Å²) in [6.45, 7) is 2.24. The molecule has 2 aliphatic heterocycles. The van der Waals surface area contributed by atoms with Crippen LogP contribution < -0.4 is 26.2 Å². The van der Waals surface area contributed by atoms with Crippen molar-refractivity contribution in [3.8, 4) is 62.1 Å². The molecule has 0 spiro atoms. The fourth-order valence-electron chi connectivity index (χ4n) is 12.0. The zero-order valence-electron chi connectivity index (χ0n) is 42.2. The van der Waals surface area contributed by atoms with Crippen LogP contribution in [0.25, 0.3) is 83.9 Å². The lowest BCUT2D eigenvalue weighted by atomic mass is 9.33. The smallest absolute Gasteiger partial charge is 0.252 e. The summed E-state index contributed by atoms with van der Waals surface area (Å²) in [5, 5.41) is 2.44. The summed E-state index contributed by atoms with van der Waals surface area (Å²) in [7, 11) is 0. The predicted octanol–water partition coefficient (Wildman–Crippen LogP) is 15.7. The number of anilines is 6. The van der Waals surface area contributed by atoms with E-state index in [9.17, 15) is 0 Å². The van der Waals surface area contributed by atoms with E-state index in [4.69, 9.17) is 15.0 Å². The summed E-state index contributed by atoms with van der Waals surface area (Å²) in [5.74, 6) is 1.86. The molecule has 4 heterocycles. The zero-order valence-corrected chi connectivity index (χ0v) is 42.2. The molecule has 7 heteroatoms. The Morgan fingerprint density at radius 1 is 0.312 bits per heavy atom. The van der Waals surface area contributed by atoms with Crippen molar-refractivity contribution in [2.45, 2.75) is 6.92 Å². The Hall–Kier alpha value is -10.1. The standard InChI is InChI=1S/C70H47BN6/c1-46-38-40-62-57(42-46)55-30-11-14-33-60(55)77(62)61-41-39-52(70-73-68(47-20-5-2-6-21-47)72-69(74-70)48-22-7-3-8-23-48)45-56(61)51-26-17-24-49(43-51)50-25-18-29-54(44-50)76-64-35-16-13-32-59(64)71-58-31-12-15-34-63(58)75(53-27-9-4-10-28-53)65-36-19-37-66(76)67(65)71/h2-45H,1H3. The second-order valence-electron chi connectivity index (χ2n) is 20.0. The van der Waals surface area contributed by atoms with E-state index in [2.05, 4.69) is 252 Å². The Kier molecular flexibility index (Phi) is 10.4. The van der Waals surface area contributed by atoms with Crippen molar-refractivity contribution < 1.29 is 0 Å². The van der Waals surface area contributed by atoms with E-state index in [1.165, 1.54) is 55.5 Å². The topological polar surface area (TPSA) is 50.1 Å². The molecule has 0 saturated heterocycles. The van der Waals surface area contributed by atoms with Crippen LogP contribution >= 0.6 is 0 Å². The number of fused-ring (bicyclic) bond motifs is 7. The summed E-state index contributed by atoms with van der Waals surface area (Å²) in [4.78, 5) is 20.3. The van der Waals surface area contributed by atoms with Crippen molar-refractivity contribution in [2.24, 2.45) is 0 Å². The van der Waals surface area contributed by atoms with Gasteiger partial charge in [-0.1, -0.05) is 181 Å². The molecule has 0 fully saturated rings. The first-order valence-corrected chi connectivity index (χ1v) is 26.3. The van der Waals surface area contributed by atoms with E-state index in [0.29, 0.717) is 17.5 Å². The Morgan fingerprint density at radius 2 is 0.805 bits per heavy atom. The molecule has 77 heavy (non-hydrogen) atoms. The molecule has 11 aromatic carbocycles. The Balaban J connectivity index is 0.901. The van der Waals surface area contributed by atoms with Crippen LogP contribution in [0.15, 0.2) is 267 Å². The van der Waals surface area contributed by atoms with E-state index in [-0.39, 0.29) is 6.71 Å². The van der Waals surface area contributed by atoms with Crippen LogP contribution in [0.1, 0.15) is 5.56 Å². The molecule has 0 saturated carbocycles. The quantitative estimate of drug-likeness (QED) is 0.142. The third kappa shape index (κ3) is 7.38. The molecule has 0 atom stereocenters. The molecule has 0 aliphatic carbocycles. The van der Waals surface area contributed by atoms with Crippen molar-refractivity contribution >= 4 is 79.0 Å². The van der Waals surface area contributed by atoms with Gasteiger partial charge < -0.3 is 14.4 Å². The molecule has 2 aliphatic rings. The molecule has 360 valence electrons. The van der Waals surface area contributed by atoms with Gasteiger partial charge in [0.25, 0.3) is 6.71 Å². The summed E-state index contributed by atoms with van der Waals surface area (Å²) < 4.78 is 2.42. The van der Waals surface area contributed by atoms with Crippen LogP contribution in [0.5, 0.6) is 0 Å². The van der Waals surface area contributed by atoms with Crippen LogP contribution in [0.2, 0.25) is 0 Å². The number of rotatable bonds is 8. The number of aromatic nitrogens is 4.